The van der Waals surface area contributed by atoms with E-state index in [-0.39, 0.29) is 6.73 Å². The van der Waals surface area contributed by atoms with Gasteiger partial charge in [0.15, 0.2) is 0 Å². The van der Waals surface area contributed by atoms with Gasteiger partial charge >= 0.3 is 0 Å². The van der Waals surface area contributed by atoms with E-state index in [0.717, 1.165) is 17.8 Å². The molecule has 1 heterocycles. The third-order valence-corrected chi connectivity index (χ3v) is 1.95. The smallest absolute Gasteiger partial charge is 0.136 e. The van der Waals surface area contributed by atoms with Crippen LogP contribution in [0, 0.1) is 0 Å². The maximum atomic E-state index is 8.98. The van der Waals surface area contributed by atoms with E-state index in [1.807, 2.05) is 0 Å². The van der Waals surface area contributed by atoms with Crippen molar-refractivity contribution in [2.24, 2.45) is 0 Å². The summed E-state index contributed by atoms with van der Waals surface area (Å²) in [5.74, 6) is 0.421. The van der Waals surface area contributed by atoms with Crippen LogP contribution in [0.4, 0.5) is 0 Å². The number of hydrogen-bond donors (Lipinski definition) is 1. The molecule has 0 saturated heterocycles. The highest BCUT2D eigenvalue weighted by molar-refractivity contribution is 5.13. The molecule has 0 unspecified atom stereocenters. The molecule has 0 fully saturated rings. The number of rotatable bonds is 3. The van der Waals surface area contributed by atoms with E-state index in [2.05, 4.69) is 31.9 Å². The van der Waals surface area contributed by atoms with Crippen molar-refractivity contribution in [1.29, 1.82) is 0 Å². The van der Waals surface area contributed by atoms with Gasteiger partial charge in [0.1, 0.15) is 6.73 Å². The van der Waals surface area contributed by atoms with Gasteiger partial charge in [0.2, 0.25) is 0 Å². The molecule has 0 bridgehead atoms. The van der Waals surface area contributed by atoms with Gasteiger partial charge in [-0.05, 0) is 18.4 Å². The minimum Gasteiger partial charge on any atom is -0.374 e. The summed E-state index contributed by atoms with van der Waals surface area (Å²) in [5.41, 5.74) is 2.15. The molecule has 0 aliphatic heterocycles. The molecule has 0 aliphatic rings. The summed E-state index contributed by atoms with van der Waals surface area (Å²) in [6, 6.07) is 2.06. The lowest BCUT2D eigenvalue weighted by Crippen LogP contribution is -2.05. The van der Waals surface area contributed by atoms with E-state index < -0.39 is 0 Å². The van der Waals surface area contributed by atoms with Crippen LogP contribution >= 0.6 is 0 Å². The molecule has 68 valence electrons. The van der Waals surface area contributed by atoms with Gasteiger partial charge in [-0.1, -0.05) is 20.8 Å². The molecule has 12 heavy (non-hydrogen) atoms. The van der Waals surface area contributed by atoms with E-state index >= 15 is 0 Å². The lowest BCUT2D eigenvalue weighted by Gasteiger charge is -2.05. The second-order valence-corrected chi connectivity index (χ2v) is 3.21. The van der Waals surface area contributed by atoms with Crippen LogP contribution in [-0.4, -0.2) is 14.9 Å². The van der Waals surface area contributed by atoms with Gasteiger partial charge in [-0.15, -0.1) is 0 Å². The average molecular weight is 168 g/mol. The lowest BCUT2D eigenvalue weighted by molar-refractivity contribution is 0.189. The van der Waals surface area contributed by atoms with Gasteiger partial charge in [-0.3, -0.25) is 0 Å². The maximum absolute atomic E-state index is 8.98. The third kappa shape index (κ3) is 1.67. The number of aryl methyl sites for hydroxylation is 1. The highest BCUT2D eigenvalue weighted by Gasteiger charge is 2.08. The van der Waals surface area contributed by atoms with Crippen molar-refractivity contribution in [3.8, 4) is 0 Å². The Morgan fingerprint density at radius 3 is 2.58 bits per heavy atom. The predicted molar refractivity (Wildman–Crippen MR) is 47.9 cm³/mol. The number of aromatic nitrogens is 2. The maximum Gasteiger partial charge on any atom is 0.136 e. The molecular formula is C9H16N2O. The second-order valence-electron chi connectivity index (χ2n) is 3.21. The van der Waals surface area contributed by atoms with Crippen LogP contribution in [0.1, 0.15) is 38.1 Å². The zero-order valence-electron chi connectivity index (χ0n) is 7.91. The molecule has 1 rings (SSSR count). The Morgan fingerprint density at radius 1 is 1.58 bits per heavy atom. The Labute approximate surface area is 73.0 Å². The van der Waals surface area contributed by atoms with Crippen molar-refractivity contribution in [3.05, 3.63) is 17.5 Å². The minimum absolute atomic E-state index is 0.0203. The molecule has 3 heteroatoms. The largest absolute Gasteiger partial charge is 0.374 e. The zero-order valence-corrected chi connectivity index (χ0v) is 7.91. The van der Waals surface area contributed by atoms with E-state index in [9.17, 15) is 0 Å². The molecule has 0 aliphatic carbocycles. The summed E-state index contributed by atoms with van der Waals surface area (Å²) in [7, 11) is 0. The summed E-state index contributed by atoms with van der Waals surface area (Å²) in [6.45, 7) is 6.24. The Hall–Kier alpha value is -0.830. The van der Waals surface area contributed by atoms with Crippen LogP contribution in [0.15, 0.2) is 6.07 Å². The second kappa shape index (κ2) is 3.72. The van der Waals surface area contributed by atoms with Crippen molar-refractivity contribution >= 4 is 0 Å². The molecule has 0 aromatic carbocycles. The summed E-state index contributed by atoms with van der Waals surface area (Å²) in [6.07, 6.45) is 0.923. The van der Waals surface area contributed by atoms with Crippen LogP contribution in [0.2, 0.25) is 0 Å². The molecule has 0 radical (unpaired) electrons. The Kier molecular flexibility index (Phi) is 2.87. The van der Waals surface area contributed by atoms with Crippen LogP contribution in [0.5, 0.6) is 0 Å². The fourth-order valence-corrected chi connectivity index (χ4v) is 1.24. The van der Waals surface area contributed by atoms with Crippen molar-refractivity contribution < 1.29 is 5.11 Å². The normalized spacial score (nSPS) is 11.1. The van der Waals surface area contributed by atoms with Crippen LogP contribution in [0.25, 0.3) is 0 Å². The number of aliphatic hydroxyl groups excluding tert-OH is 1. The first kappa shape index (κ1) is 9.26. The third-order valence-electron chi connectivity index (χ3n) is 1.95. The average Bonchev–Trinajstić information content (AvgIpc) is 2.47. The lowest BCUT2D eigenvalue weighted by atomic mass is 10.1. The monoisotopic (exact) mass is 168 g/mol. The van der Waals surface area contributed by atoms with Crippen molar-refractivity contribution in [1.82, 2.24) is 9.78 Å². The Bertz CT molecular complexity index is 253. The summed E-state index contributed by atoms with van der Waals surface area (Å²) in [4.78, 5) is 0. The van der Waals surface area contributed by atoms with Gasteiger partial charge in [-0.2, -0.15) is 5.10 Å². The van der Waals surface area contributed by atoms with E-state index in [1.165, 1.54) is 0 Å². The molecule has 0 spiro atoms. The molecule has 0 atom stereocenters. The highest BCUT2D eigenvalue weighted by atomic mass is 16.3. The SMILES string of the molecule is CCc1cc(C(C)C)n(CO)n1. The summed E-state index contributed by atoms with van der Waals surface area (Å²) in [5, 5.41) is 13.2. The summed E-state index contributed by atoms with van der Waals surface area (Å²) < 4.78 is 1.66. The minimum atomic E-state index is -0.0203. The molecule has 3 nitrogen and oxygen atoms in total. The standard InChI is InChI=1S/C9H16N2O/c1-4-8-5-9(7(2)3)11(6-12)10-8/h5,7,12H,4,6H2,1-3H3. The van der Waals surface area contributed by atoms with Gasteiger partial charge in [-0.25, -0.2) is 4.68 Å². The van der Waals surface area contributed by atoms with E-state index in [1.54, 1.807) is 4.68 Å². The van der Waals surface area contributed by atoms with Crippen molar-refractivity contribution in [2.75, 3.05) is 0 Å². The molecule has 1 aromatic heterocycles. The Balaban J connectivity index is 3.00. The first-order valence-electron chi connectivity index (χ1n) is 4.36. The van der Waals surface area contributed by atoms with E-state index in [4.69, 9.17) is 5.11 Å². The molecular weight excluding hydrogens is 152 g/mol. The van der Waals surface area contributed by atoms with Crippen molar-refractivity contribution in [2.45, 2.75) is 39.8 Å². The summed E-state index contributed by atoms with van der Waals surface area (Å²) >= 11 is 0. The van der Waals surface area contributed by atoms with Gasteiger partial charge < -0.3 is 5.11 Å². The molecule has 0 amide bonds. The fraction of sp³-hybridized carbons (Fsp3) is 0.667. The Morgan fingerprint density at radius 2 is 2.25 bits per heavy atom. The number of hydrogen-bond acceptors (Lipinski definition) is 2. The van der Waals surface area contributed by atoms with Crippen LogP contribution < -0.4 is 0 Å². The van der Waals surface area contributed by atoms with Crippen LogP contribution in [-0.2, 0) is 13.2 Å². The fourth-order valence-electron chi connectivity index (χ4n) is 1.24. The number of nitrogens with zero attached hydrogens (tertiary/aromatic N) is 2. The topological polar surface area (TPSA) is 38.0 Å². The quantitative estimate of drug-likeness (QED) is 0.743. The predicted octanol–water partition coefficient (Wildman–Crippen LogP) is 1.52. The first-order valence-corrected chi connectivity index (χ1v) is 4.36. The number of aliphatic hydroxyl groups is 1. The van der Waals surface area contributed by atoms with Gasteiger partial charge in [0, 0.05) is 5.69 Å². The molecule has 1 N–H and O–H groups in total. The molecule has 0 saturated carbocycles. The molecule has 1 aromatic rings. The van der Waals surface area contributed by atoms with Gasteiger partial charge in [0.25, 0.3) is 0 Å². The zero-order chi connectivity index (χ0) is 9.14. The van der Waals surface area contributed by atoms with E-state index in [0.29, 0.717) is 5.92 Å². The van der Waals surface area contributed by atoms with Gasteiger partial charge in [0.05, 0.1) is 5.69 Å². The first-order chi connectivity index (χ1) is 5.69. The highest BCUT2D eigenvalue weighted by Crippen LogP contribution is 2.15. The van der Waals surface area contributed by atoms with Crippen LogP contribution in [0.3, 0.4) is 0 Å². The van der Waals surface area contributed by atoms with Crippen molar-refractivity contribution in [3.63, 3.8) is 0 Å².